The molecular formula is C23H29N3O4. The second-order valence-corrected chi connectivity index (χ2v) is 7.54. The second-order valence-electron chi connectivity index (χ2n) is 7.54. The molecule has 0 fully saturated rings. The fourth-order valence-corrected chi connectivity index (χ4v) is 2.95. The number of amides is 3. The molecule has 0 heterocycles. The van der Waals surface area contributed by atoms with E-state index in [2.05, 4.69) is 10.6 Å². The highest BCUT2D eigenvalue weighted by Crippen LogP contribution is 2.08. The lowest BCUT2D eigenvalue weighted by Gasteiger charge is -2.23. The number of carbonyl (C=O) groups is 3. The summed E-state index contributed by atoms with van der Waals surface area (Å²) in [5.74, 6) is -0.974. The van der Waals surface area contributed by atoms with E-state index in [1.54, 1.807) is 0 Å². The fourth-order valence-electron chi connectivity index (χ4n) is 2.95. The van der Waals surface area contributed by atoms with Crippen LogP contribution in [0.4, 0.5) is 4.79 Å². The molecule has 0 bridgehead atoms. The van der Waals surface area contributed by atoms with Gasteiger partial charge in [-0.25, -0.2) is 4.79 Å². The zero-order chi connectivity index (χ0) is 21.9. The summed E-state index contributed by atoms with van der Waals surface area (Å²) >= 11 is 0. The van der Waals surface area contributed by atoms with Crippen molar-refractivity contribution in [3.63, 3.8) is 0 Å². The minimum absolute atomic E-state index is 0.0978. The largest absolute Gasteiger partial charge is 0.445 e. The highest BCUT2D eigenvalue weighted by atomic mass is 16.5. The Morgan fingerprint density at radius 2 is 1.43 bits per heavy atom. The van der Waals surface area contributed by atoms with E-state index in [1.807, 2.05) is 74.5 Å². The Balaban J connectivity index is 1.98. The molecule has 0 aliphatic rings. The predicted molar refractivity (Wildman–Crippen MR) is 114 cm³/mol. The number of primary amides is 1. The maximum absolute atomic E-state index is 12.8. The number of nitrogens with one attached hydrogen (secondary N) is 2. The monoisotopic (exact) mass is 411 g/mol. The Morgan fingerprint density at radius 3 is 1.97 bits per heavy atom. The molecule has 2 rings (SSSR count). The third-order valence-electron chi connectivity index (χ3n) is 4.47. The molecule has 0 saturated carbocycles. The zero-order valence-corrected chi connectivity index (χ0v) is 17.3. The molecule has 0 radical (unpaired) electrons. The van der Waals surface area contributed by atoms with Crippen LogP contribution in [0.2, 0.25) is 0 Å². The quantitative estimate of drug-likeness (QED) is 0.558. The molecule has 7 nitrogen and oxygen atoms in total. The third-order valence-corrected chi connectivity index (χ3v) is 4.47. The normalized spacial score (nSPS) is 12.6. The summed E-state index contributed by atoms with van der Waals surface area (Å²) in [7, 11) is 0. The van der Waals surface area contributed by atoms with Crippen LogP contribution in [0.3, 0.4) is 0 Å². The molecule has 0 saturated heterocycles. The Hall–Kier alpha value is -3.35. The number of rotatable bonds is 10. The van der Waals surface area contributed by atoms with Crippen molar-refractivity contribution in [1.82, 2.24) is 10.6 Å². The molecular weight excluding hydrogens is 382 g/mol. The summed E-state index contributed by atoms with van der Waals surface area (Å²) < 4.78 is 5.22. The van der Waals surface area contributed by atoms with Gasteiger partial charge in [0.15, 0.2) is 0 Å². The average molecular weight is 412 g/mol. The predicted octanol–water partition coefficient (Wildman–Crippen LogP) is 2.54. The molecule has 2 unspecified atom stereocenters. The maximum Gasteiger partial charge on any atom is 0.408 e. The molecule has 7 heteroatoms. The topological polar surface area (TPSA) is 111 Å². The fraction of sp³-hybridized carbons (Fsp3) is 0.348. The van der Waals surface area contributed by atoms with Crippen LogP contribution < -0.4 is 16.4 Å². The van der Waals surface area contributed by atoms with Crippen LogP contribution in [-0.4, -0.2) is 30.0 Å². The van der Waals surface area contributed by atoms with Gasteiger partial charge < -0.3 is 21.1 Å². The number of ether oxygens (including phenoxy) is 1. The summed E-state index contributed by atoms with van der Waals surface area (Å²) in [5.41, 5.74) is 7.20. The Morgan fingerprint density at radius 1 is 0.867 bits per heavy atom. The highest BCUT2D eigenvalue weighted by molar-refractivity contribution is 5.90. The number of benzene rings is 2. The summed E-state index contributed by atoms with van der Waals surface area (Å²) in [6, 6.07) is 16.8. The van der Waals surface area contributed by atoms with Crippen molar-refractivity contribution >= 4 is 17.9 Å². The lowest BCUT2D eigenvalue weighted by Crippen LogP contribution is -2.54. The Bertz CT molecular complexity index is 825. The van der Waals surface area contributed by atoms with Gasteiger partial charge in [0.25, 0.3) is 0 Å². The van der Waals surface area contributed by atoms with E-state index in [0.29, 0.717) is 6.42 Å². The maximum atomic E-state index is 12.8. The van der Waals surface area contributed by atoms with E-state index < -0.39 is 30.0 Å². The standard InChI is InChI=1S/C23H29N3O4/c1-16(2)13-20(26-23(29)30-15-18-11-7-4-8-12-18)22(28)25-19(21(24)27)14-17-9-5-3-6-10-17/h3-12,16,19-20H,13-15H2,1-2H3,(H2,24,27)(H,25,28)(H,26,29). The minimum Gasteiger partial charge on any atom is -0.445 e. The van der Waals surface area contributed by atoms with E-state index in [4.69, 9.17) is 10.5 Å². The average Bonchev–Trinajstić information content (AvgIpc) is 2.72. The van der Waals surface area contributed by atoms with Gasteiger partial charge in [0.05, 0.1) is 0 Å². The van der Waals surface area contributed by atoms with Crippen LogP contribution in [-0.2, 0) is 27.4 Å². The van der Waals surface area contributed by atoms with Crippen LogP contribution in [0.1, 0.15) is 31.4 Å². The molecule has 0 aromatic heterocycles. The van der Waals surface area contributed by atoms with Gasteiger partial charge in [0.1, 0.15) is 18.7 Å². The lowest BCUT2D eigenvalue weighted by molar-refractivity contribution is -0.128. The van der Waals surface area contributed by atoms with Gasteiger partial charge in [-0.15, -0.1) is 0 Å². The van der Waals surface area contributed by atoms with Gasteiger partial charge in [-0.3, -0.25) is 9.59 Å². The van der Waals surface area contributed by atoms with Crippen molar-refractivity contribution in [3.05, 3.63) is 71.8 Å². The first-order valence-electron chi connectivity index (χ1n) is 9.96. The van der Waals surface area contributed by atoms with Crippen LogP contribution in [0.25, 0.3) is 0 Å². The van der Waals surface area contributed by atoms with Crippen molar-refractivity contribution < 1.29 is 19.1 Å². The number of carbonyl (C=O) groups excluding carboxylic acids is 3. The molecule has 2 atom stereocenters. The first-order valence-corrected chi connectivity index (χ1v) is 9.96. The van der Waals surface area contributed by atoms with Crippen molar-refractivity contribution in [2.75, 3.05) is 0 Å². The zero-order valence-electron chi connectivity index (χ0n) is 17.3. The van der Waals surface area contributed by atoms with Gasteiger partial charge in [0, 0.05) is 6.42 Å². The molecule has 0 aliphatic heterocycles. The first-order chi connectivity index (χ1) is 14.3. The summed E-state index contributed by atoms with van der Waals surface area (Å²) in [4.78, 5) is 36.9. The smallest absolute Gasteiger partial charge is 0.408 e. The molecule has 160 valence electrons. The SMILES string of the molecule is CC(C)CC(NC(=O)OCc1ccccc1)C(=O)NC(Cc1ccccc1)C(N)=O. The number of alkyl carbamates (subject to hydrolysis) is 1. The van der Waals surface area contributed by atoms with E-state index in [0.717, 1.165) is 11.1 Å². The van der Waals surface area contributed by atoms with Gasteiger partial charge in [-0.2, -0.15) is 0 Å². The summed E-state index contributed by atoms with van der Waals surface area (Å²) in [6.45, 7) is 3.97. The Kier molecular flexibility index (Phi) is 8.87. The first kappa shape index (κ1) is 22.9. The minimum atomic E-state index is -0.878. The number of nitrogens with two attached hydrogens (primary N) is 1. The van der Waals surface area contributed by atoms with Crippen LogP contribution >= 0.6 is 0 Å². The summed E-state index contributed by atoms with van der Waals surface area (Å²) in [5, 5.41) is 5.27. The van der Waals surface area contributed by atoms with Crippen LogP contribution in [0, 0.1) is 5.92 Å². The van der Waals surface area contributed by atoms with Gasteiger partial charge in [0.2, 0.25) is 11.8 Å². The van der Waals surface area contributed by atoms with Gasteiger partial charge in [-0.05, 0) is 23.5 Å². The van der Waals surface area contributed by atoms with Crippen LogP contribution in [0.15, 0.2) is 60.7 Å². The van der Waals surface area contributed by atoms with E-state index >= 15 is 0 Å². The number of hydrogen-bond acceptors (Lipinski definition) is 4. The van der Waals surface area contributed by atoms with Gasteiger partial charge >= 0.3 is 6.09 Å². The molecule has 0 spiro atoms. The highest BCUT2D eigenvalue weighted by Gasteiger charge is 2.27. The van der Waals surface area contributed by atoms with Gasteiger partial charge in [-0.1, -0.05) is 74.5 Å². The molecule has 4 N–H and O–H groups in total. The lowest BCUT2D eigenvalue weighted by atomic mass is 10.0. The van der Waals surface area contributed by atoms with E-state index in [-0.39, 0.29) is 18.9 Å². The Labute approximate surface area is 177 Å². The van der Waals surface area contributed by atoms with E-state index in [9.17, 15) is 14.4 Å². The molecule has 3 amide bonds. The molecule has 30 heavy (non-hydrogen) atoms. The molecule has 0 aliphatic carbocycles. The van der Waals surface area contributed by atoms with Crippen molar-refractivity contribution in [3.8, 4) is 0 Å². The number of hydrogen-bond donors (Lipinski definition) is 3. The third kappa shape index (κ3) is 7.95. The molecule has 2 aromatic rings. The van der Waals surface area contributed by atoms with Crippen molar-refractivity contribution in [2.45, 2.75) is 45.4 Å². The van der Waals surface area contributed by atoms with E-state index in [1.165, 1.54) is 0 Å². The van der Waals surface area contributed by atoms with Crippen LogP contribution in [0.5, 0.6) is 0 Å². The van der Waals surface area contributed by atoms with Crippen molar-refractivity contribution in [1.29, 1.82) is 0 Å². The summed E-state index contributed by atoms with van der Waals surface area (Å²) in [6.07, 6.45) is -0.0314. The van der Waals surface area contributed by atoms with Crippen molar-refractivity contribution in [2.24, 2.45) is 11.7 Å². The second kappa shape index (κ2) is 11.6. The molecule has 2 aromatic carbocycles.